The average Bonchev–Trinajstić information content (AvgIpc) is 3.12. The van der Waals surface area contributed by atoms with Crippen LogP contribution in [0.1, 0.15) is 21.5 Å². The smallest absolute Gasteiger partial charge is 0.271 e. The van der Waals surface area contributed by atoms with Gasteiger partial charge in [-0.3, -0.25) is 4.79 Å². The number of methoxy groups -OCH3 is 1. The predicted molar refractivity (Wildman–Crippen MR) is 105 cm³/mol. The van der Waals surface area contributed by atoms with Gasteiger partial charge in [0.05, 0.1) is 13.3 Å². The van der Waals surface area contributed by atoms with E-state index in [1.54, 1.807) is 43.5 Å². The normalized spacial score (nSPS) is 10.9. The predicted octanol–water partition coefficient (Wildman–Crippen LogP) is 2.88. The number of rotatable bonds is 7. The standard InChI is InChI=1S/C19H19N5O2S/c1-24-13-21-23-19(24)27-12-14-7-9-15(10-8-14)18(25)22-20-11-16-5-3-4-6-17(16)26-2/h3-11,13H,12H2,1-2H3,(H,22,25)/b20-11-. The SMILES string of the molecule is COc1ccccc1/C=N\NC(=O)c1ccc(CSc2nncn2C)cc1. The van der Waals surface area contributed by atoms with Gasteiger partial charge in [0.25, 0.3) is 5.91 Å². The zero-order valence-electron chi connectivity index (χ0n) is 15.0. The molecule has 1 N–H and O–H groups in total. The van der Waals surface area contributed by atoms with E-state index < -0.39 is 0 Å². The zero-order valence-corrected chi connectivity index (χ0v) is 15.8. The van der Waals surface area contributed by atoms with Gasteiger partial charge in [-0.15, -0.1) is 10.2 Å². The number of aryl methyl sites for hydroxylation is 1. The summed E-state index contributed by atoms with van der Waals surface area (Å²) in [5.41, 5.74) is 4.95. The Bertz CT molecular complexity index is 937. The quantitative estimate of drug-likeness (QED) is 0.387. The van der Waals surface area contributed by atoms with E-state index >= 15 is 0 Å². The van der Waals surface area contributed by atoms with E-state index in [1.807, 2.05) is 48.0 Å². The zero-order chi connectivity index (χ0) is 19.1. The summed E-state index contributed by atoms with van der Waals surface area (Å²) < 4.78 is 7.11. The molecule has 0 aliphatic rings. The second-order valence-corrected chi connectivity index (χ2v) is 6.59. The van der Waals surface area contributed by atoms with Crippen LogP contribution in [0.2, 0.25) is 0 Å². The van der Waals surface area contributed by atoms with Crippen LogP contribution >= 0.6 is 11.8 Å². The lowest BCUT2D eigenvalue weighted by Crippen LogP contribution is -2.17. The van der Waals surface area contributed by atoms with Crippen LogP contribution in [-0.4, -0.2) is 34.0 Å². The first-order valence-electron chi connectivity index (χ1n) is 8.19. The topological polar surface area (TPSA) is 81.4 Å². The van der Waals surface area contributed by atoms with Crippen LogP contribution in [0.15, 0.2) is 65.1 Å². The Kier molecular flexibility index (Phi) is 6.22. The number of ether oxygens (including phenoxy) is 1. The fourth-order valence-electron chi connectivity index (χ4n) is 2.30. The van der Waals surface area contributed by atoms with Crippen molar-refractivity contribution in [3.8, 4) is 5.75 Å². The molecule has 0 bridgehead atoms. The highest BCUT2D eigenvalue weighted by molar-refractivity contribution is 7.98. The summed E-state index contributed by atoms with van der Waals surface area (Å²) in [6.07, 6.45) is 3.23. The molecule has 0 saturated heterocycles. The number of hydrogen-bond donors (Lipinski definition) is 1. The third kappa shape index (κ3) is 4.95. The fourth-order valence-corrected chi connectivity index (χ4v) is 3.15. The first-order chi connectivity index (χ1) is 13.2. The molecule has 0 aliphatic heterocycles. The number of hydrazone groups is 1. The van der Waals surface area contributed by atoms with Gasteiger partial charge in [-0.05, 0) is 29.8 Å². The number of para-hydroxylation sites is 1. The molecular weight excluding hydrogens is 362 g/mol. The van der Waals surface area contributed by atoms with Crippen LogP contribution in [0.4, 0.5) is 0 Å². The average molecular weight is 381 g/mol. The van der Waals surface area contributed by atoms with Gasteiger partial charge in [-0.1, -0.05) is 36.0 Å². The van der Waals surface area contributed by atoms with Crippen LogP contribution in [-0.2, 0) is 12.8 Å². The number of hydrogen-bond acceptors (Lipinski definition) is 6. The summed E-state index contributed by atoms with van der Waals surface area (Å²) in [6, 6.07) is 14.8. The van der Waals surface area contributed by atoms with E-state index in [-0.39, 0.29) is 5.91 Å². The minimum absolute atomic E-state index is 0.270. The fraction of sp³-hybridized carbons (Fsp3) is 0.158. The highest BCUT2D eigenvalue weighted by Gasteiger charge is 2.06. The highest BCUT2D eigenvalue weighted by Crippen LogP contribution is 2.20. The van der Waals surface area contributed by atoms with E-state index in [0.717, 1.165) is 22.0 Å². The second-order valence-electron chi connectivity index (χ2n) is 5.65. The Labute approximate surface area is 161 Å². The van der Waals surface area contributed by atoms with E-state index in [0.29, 0.717) is 11.3 Å². The van der Waals surface area contributed by atoms with Crippen molar-refractivity contribution < 1.29 is 9.53 Å². The number of carbonyl (C=O) groups excluding carboxylic acids is 1. The maximum Gasteiger partial charge on any atom is 0.271 e. The Morgan fingerprint density at radius 2 is 2.04 bits per heavy atom. The molecule has 0 radical (unpaired) electrons. The number of benzene rings is 2. The Hall–Kier alpha value is -3.13. The number of nitrogens with one attached hydrogen (secondary N) is 1. The van der Waals surface area contributed by atoms with Crippen LogP contribution in [0, 0.1) is 0 Å². The Balaban J connectivity index is 1.55. The van der Waals surface area contributed by atoms with E-state index in [1.165, 1.54) is 0 Å². The Morgan fingerprint density at radius 3 is 2.74 bits per heavy atom. The van der Waals surface area contributed by atoms with Crippen molar-refractivity contribution in [1.82, 2.24) is 20.2 Å². The van der Waals surface area contributed by atoms with Crippen molar-refractivity contribution in [3.05, 3.63) is 71.5 Å². The minimum atomic E-state index is -0.270. The van der Waals surface area contributed by atoms with Crippen LogP contribution in [0.5, 0.6) is 5.75 Å². The molecule has 3 rings (SSSR count). The van der Waals surface area contributed by atoms with Crippen molar-refractivity contribution >= 4 is 23.9 Å². The highest BCUT2D eigenvalue weighted by atomic mass is 32.2. The molecule has 1 aromatic heterocycles. The summed E-state index contributed by atoms with van der Waals surface area (Å²) >= 11 is 1.59. The number of amides is 1. The second kappa shape index (κ2) is 9.00. The molecule has 0 fully saturated rings. The van der Waals surface area contributed by atoms with E-state index in [2.05, 4.69) is 20.7 Å². The maximum atomic E-state index is 12.2. The lowest BCUT2D eigenvalue weighted by molar-refractivity contribution is 0.0955. The lowest BCUT2D eigenvalue weighted by atomic mass is 10.1. The van der Waals surface area contributed by atoms with Crippen LogP contribution in [0.25, 0.3) is 0 Å². The van der Waals surface area contributed by atoms with Gasteiger partial charge in [0.1, 0.15) is 12.1 Å². The monoisotopic (exact) mass is 381 g/mol. The van der Waals surface area contributed by atoms with Gasteiger partial charge in [0.2, 0.25) is 0 Å². The molecule has 1 heterocycles. The molecular formula is C19H19N5O2S. The van der Waals surface area contributed by atoms with Gasteiger partial charge in [0, 0.05) is 23.9 Å². The van der Waals surface area contributed by atoms with Crippen molar-refractivity contribution in [2.75, 3.05) is 7.11 Å². The third-order valence-corrected chi connectivity index (χ3v) is 4.87. The molecule has 2 aromatic carbocycles. The van der Waals surface area contributed by atoms with Gasteiger partial charge >= 0.3 is 0 Å². The molecule has 0 saturated carbocycles. The molecule has 0 unspecified atom stereocenters. The molecule has 138 valence electrons. The number of carbonyl (C=O) groups is 1. The summed E-state index contributed by atoms with van der Waals surface area (Å²) in [4.78, 5) is 12.2. The maximum absolute atomic E-state index is 12.2. The van der Waals surface area contributed by atoms with E-state index in [9.17, 15) is 4.79 Å². The van der Waals surface area contributed by atoms with Gasteiger partial charge in [-0.2, -0.15) is 5.10 Å². The molecule has 1 amide bonds. The van der Waals surface area contributed by atoms with Crippen molar-refractivity contribution in [2.24, 2.45) is 12.1 Å². The van der Waals surface area contributed by atoms with Crippen molar-refractivity contribution in [2.45, 2.75) is 10.9 Å². The molecule has 0 aliphatic carbocycles. The lowest BCUT2D eigenvalue weighted by Gasteiger charge is -2.04. The van der Waals surface area contributed by atoms with Crippen molar-refractivity contribution in [1.29, 1.82) is 0 Å². The number of nitrogens with zero attached hydrogens (tertiary/aromatic N) is 4. The number of aromatic nitrogens is 3. The summed E-state index contributed by atoms with van der Waals surface area (Å²) in [5, 5.41) is 12.7. The van der Waals surface area contributed by atoms with Crippen LogP contribution in [0.3, 0.4) is 0 Å². The van der Waals surface area contributed by atoms with Crippen LogP contribution < -0.4 is 10.2 Å². The first-order valence-corrected chi connectivity index (χ1v) is 9.18. The van der Waals surface area contributed by atoms with Gasteiger partial charge in [0.15, 0.2) is 5.16 Å². The molecule has 0 spiro atoms. The molecule has 3 aromatic rings. The molecule has 7 nitrogen and oxygen atoms in total. The number of thioether (sulfide) groups is 1. The molecule has 8 heteroatoms. The summed E-state index contributed by atoms with van der Waals surface area (Å²) in [6.45, 7) is 0. The molecule has 27 heavy (non-hydrogen) atoms. The first kappa shape index (κ1) is 18.7. The molecule has 0 atom stereocenters. The summed E-state index contributed by atoms with van der Waals surface area (Å²) in [5.74, 6) is 1.18. The minimum Gasteiger partial charge on any atom is -0.496 e. The largest absolute Gasteiger partial charge is 0.496 e. The summed E-state index contributed by atoms with van der Waals surface area (Å²) in [7, 11) is 3.50. The van der Waals surface area contributed by atoms with Gasteiger partial charge in [-0.25, -0.2) is 5.43 Å². The third-order valence-electron chi connectivity index (χ3n) is 3.76. The van der Waals surface area contributed by atoms with Gasteiger partial charge < -0.3 is 9.30 Å². The van der Waals surface area contributed by atoms with E-state index in [4.69, 9.17) is 4.74 Å². The Morgan fingerprint density at radius 1 is 1.26 bits per heavy atom. The van der Waals surface area contributed by atoms with Crippen molar-refractivity contribution in [3.63, 3.8) is 0 Å².